The molecule has 26 heavy (non-hydrogen) atoms. The molecular weight excluding hydrogens is 322 g/mol. The summed E-state index contributed by atoms with van der Waals surface area (Å²) in [4.78, 5) is 7.12. The molecule has 0 saturated carbocycles. The molecule has 4 rings (SSSR count). The van der Waals surface area contributed by atoms with E-state index >= 15 is 0 Å². The van der Waals surface area contributed by atoms with Crippen LogP contribution in [-0.4, -0.2) is 37.7 Å². The number of hydrogen-bond acceptors (Lipinski definition) is 3. The van der Waals surface area contributed by atoms with Gasteiger partial charge < -0.3 is 4.57 Å². The van der Waals surface area contributed by atoms with Crippen molar-refractivity contribution in [2.45, 2.75) is 39.2 Å². The minimum Gasteiger partial charge on any atom is -0.338 e. The number of aryl methyl sites for hydroxylation is 3. The third kappa shape index (κ3) is 3.31. The average molecular weight is 349 g/mol. The van der Waals surface area contributed by atoms with Gasteiger partial charge in [0.2, 0.25) is 0 Å². The van der Waals surface area contributed by atoms with Gasteiger partial charge in [0, 0.05) is 49.6 Å². The Balaban J connectivity index is 1.54. The standard InChI is InChI=1S/C21H27N5/c1-15-6-7-16(2)19(11-15)20-18(12-23-24-20)14-26-9-4-5-17(13-26)21-22-8-10-25(21)3/h6-8,10-12,17H,4-5,9,13-14H2,1-3H3,(H,23,24)/t17-/m0/s1. The maximum atomic E-state index is 4.58. The molecule has 3 aromatic rings. The van der Waals surface area contributed by atoms with Gasteiger partial charge >= 0.3 is 0 Å². The highest BCUT2D eigenvalue weighted by atomic mass is 15.2. The van der Waals surface area contributed by atoms with Crippen LogP contribution in [0.4, 0.5) is 0 Å². The van der Waals surface area contributed by atoms with Crippen LogP contribution in [0.1, 0.15) is 41.3 Å². The Morgan fingerprint density at radius 2 is 2.15 bits per heavy atom. The molecule has 0 amide bonds. The molecule has 0 aliphatic carbocycles. The van der Waals surface area contributed by atoms with E-state index in [4.69, 9.17) is 0 Å². The van der Waals surface area contributed by atoms with E-state index in [2.05, 4.69) is 63.7 Å². The normalized spacial score (nSPS) is 18.3. The summed E-state index contributed by atoms with van der Waals surface area (Å²) < 4.78 is 2.16. The summed E-state index contributed by atoms with van der Waals surface area (Å²) in [5.74, 6) is 1.72. The van der Waals surface area contributed by atoms with Crippen LogP contribution < -0.4 is 0 Å². The molecule has 1 aliphatic rings. The summed E-state index contributed by atoms with van der Waals surface area (Å²) in [6.45, 7) is 7.43. The smallest absolute Gasteiger partial charge is 0.112 e. The van der Waals surface area contributed by atoms with E-state index < -0.39 is 0 Å². The van der Waals surface area contributed by atoms with Gasteiger partial charge in [-0.2, -0.15) is 5.10 Å². The third-order valence-electron chi connectivity index (χ3n) is 5.50. The molecule has 5 nitrogen and oxygen atoms in total. The molecule has 0 unspecified atom stereocenters. The van der Waals surface area contributed by atoms with Crippen molar-refractivity contribution < 1.29 is 0 Å². The number of nitrogens with zero attached hydrogens (tertiary/aromatic N) is 4. The number of likely N-dealkylation sites (tertiary alicyclic amines) is 1. The van der Waals surface area contributed by atoms with Crippen molar-refractivity contribution in [3.8, 4) is 11.3 Å². The van der Waals surface area contributed by atoms with Gasteiger partial charge in [-0.25, -0.2) is 4.98 Å². The maximum absolute atomic E-state index is 4.58. The van der Waals surface area contributed by atoms with Gasteiger partial charge in [0.1, 0.15) is 5.82 Å². The van der Waals surface area contributed by atoms with E-state index in [0.717, 1.165) is 25.3 Å². The predicted molar refractivity (Wildman–Crippen MR) is 104 cm³/mol. The van der Waals surface area contributed by atoms with E-state index in [-0.39, 0.29) is 0 Å². The Bertz CT molecular complexity index is 891. The number of H-pyrrole nitrogens is 1. The minimum absolute atomic E-state index is 0.514. The quantitative estimate of drug-likeness (QED) is 0.779. The summed E-state index contributed by atoms with van der Waals surface area (Å²) >= 11 is 0. The number of rotatable bonds is 4. The van der Waals surface area contributed by atoms with E-state index in [9.17, 15) is 0 Å². The highest BCUT2D eigenvalue weighted by Gasteiger charge is 2.25. The first-order valence-electron chi connectivity index (χ1n) is 9.41. The van der Waals surface area contributed by atoms with Crippen LogP contribution in [0.2, 0.25) is 0 Å². The number of benzene rings is 1. The first-order chi connectivity index (χ1) is 12.6. The van der Waals surface area contributed by atoms with Crippen molar-refractivity contribution in [3.05, 3.63) is 59.3 Å². The number of aromatic nitrogens is 4. The lowest BCUT2D eigenvalue weighted by Crippen LogP contribution is -2.34. The van der Waals surface area contributed by atoms with E-state index in [1.54, 1.807) is 0 Å². The summed E-state index contributed by atoms with van der Waals surface area (Å²) in [6.07, 6.45) is 8.37. The van der Waals surface area contributed by atoms with Gasteiger partial charge in [-0.3, -0.25) is 10.00 Å². The second kappa shape index (κ2) is 7.08. The van der Waals surface area contributed by atoms with Gasteiger partial charge in [0.05, 0.1) is 11.9 Å². The molecule has 1 aliphatic heterocycles. The van der Waals surface area contributed by atoms with Gasteiger partial charge in [0.15, 0.2) is 0 Å². The lowest BCUT2D eigenvalue weighted by molar-refractivity contribution is 0.195. The van der Waals surface area contributed by atoms with Crippen LogP contribution in [0.5, 0.6) is 0 Å². The molecule has 0 spiro atoms. The molecule has 1 atom stereocenters. The number of piperidine rings is 1. The van der Waals surface area contributed by atoms with Gasteiger partial charge in [0.25, 0.3) is 0 Å². The molecule has 0 bridgehead atoms. The van der Waals surface area contributed by atoms with Crippen LogP contribution in [-0.2, 0) is 13.6 Å². The van der Waals surface area contributed by atoms with Crippen LogP contribution in [0, 0.1) is 13.8 Å². The van der Waals surface area contributed by atoms with Crippen molar-refractivity contribution in [2.75, 3.05) is 13.1 Å². The second-order valence-corrected chi connectivity index (χ2v) is 7.56. The Hall–Kier alpha value is -2.40. The third-order valence-corrected chi connectivity index (χ3v) is 5.50. The highest BCUT2D eigenvalue weighted by molar-refractivity contribution is 5.67. The Kier molecular flexibility index (Phi) is 4.64. The van der Waals surface area contributed by atoms with Crippen LogP contribution >= 0.6 is 0 Å². The molecular formula is C21H27N5. The van der Waals surface area contributed by atoms with E-state index in [0.29, 0.717) is 5.92 Å². The fourth-order valence-corrected chi connectivity index (χ4v) is 4.09. The van der Waals surface area contributed by atoms with Gasteiger partial charge in [-0.05, 0) is 44.9 Å². The Morgan fingerprint density at radius 1 is 1.27 bits per heavy atom. The average Bonchev–Trinajstić information content (AvgIpc) is 3.26. The molecule has 3 heterocycles. The zero-order valence-electron chi connectivity index (χ0n) is 15.9. The largest absolute Gasteiger partial charge is 0.338 e. The van der Waals surface area contributed by atoms with Crippen LogP contribution in [0.3, 0.4) is 0 Å². The number of hydrogen-bond donors (Lipinski definition) is 1. The number of imidazole rings is 1. The van der Waals surface area contributed by atoms with Crippen LogP contribution in [0.15, 0.2) is 36.8 Å². The molecule has 1 N–H and O–H groups in total. The lowest BCUT2D eigenvalue weighted by atomic mass is 9.96. The summed E-state index contributed by atoms with van der Waals surface area (Å²) in [7, 11) is 2.09. The van der Waals surface area contributed by atoms with Gasteiger partial charge in [-0.15, -0.1) is 0 Å². The number of aromatic amines is 1. The van der Waals surface area contributed by atoms with Crippen molar-refractivity contribution in [1.29, 1.82) is 0 Å². The zero-order chi connectivity index (χ0) is 18.1. The maximum Gasteiger partial charge on any atom is 0.112 e. The SMILES string of the molecule is Cc1ccc(C)c(-c2[nH]ncc2CN2CCC[C@H](c3nccn3C)C2)c1. The lowest BCUT2D eigenvalue weighted by Gasteiger charge is -2.32. The molecule has 2 aromatic heterocycles. The molecule has 5 heteroatoms. The Morgan fingerprint density at radius 3 is 2.96 bits per heavy atom. The van der Waals surface area contributed by atoms with E-state index in [1.807, 2.05) is 18.6 Å². The van der Waals surface area contributed by atoms with Crippen LogP contribution in [0.25, 0.3) is 11.3 Å². The number of nitrogens with one attached hydrogen (secondary N) is 1. The topological polar surface area (TPSA) is 49.7 Å². The second-order valence-electron chi connectivity index (χ2n) is 7.56. The van der Waals surface area contributed by atoms with E-state index in [1.165, 1.54) is 40.9 Å². The van der Waals surface area contributed by atoms with Crippen molar-refractivity contribution in [2.24, 2.45) is 7.05 Å². The van der Waals surface area contributed by atoms with Gasteiger partial charge in [-0.1, -0.05) is 17.7 Å². The fraction of sp³-hybridized carbons (Fsp3) is 0.429. The fourth-order valence-electron chi connectivity index (χ4n) is 4.09. The molecule has 1 fully saturated rings. The molecule has 0 radical (unpaired) electrons. The van der Waals surface area contributed by atoms with Crippen molar-refractivity contribution >= 4 is 0 Å². The summed E-state index contributed by atoms with van der Waals surface area (Å²) in [5, 5.41) is 7.58. The molecule has 136 valence electrons. The monoisotopic (exact) mass is 349 g/mol. The summed E-state index contributed by atoms with van der Waals surface area (Å²) in [6, 6.07) is 6.60. The zero-order valence-corrected chi connectivity index (χ0v) is 15.9. The molecule has 1 saturated heterocycles. The summed E-state index contributed by atoms with van der Waals surface area (Å²) in [5.41, 5.74) is 6.25. The van der Waals surface area contributed by atoms with Crippen molar-refractivity contribution in [3.63, 3.8) is 0 Å². The molecule has 1 aromatic carbocycles. The Labute approximate surface area is 155 Å². The minimum atomic E-state index is 0.514. The van der Waals surface area contributed by atoms with Crippen molar-refractivity contribution in [1.82, 2.24) is 24.6 Å². The highest BCUT2D eigenvalue weighted by Crippen LogP contribution is 2.30. The first kappa shape index (κ1) is 17.0. The first-order valence-corrected chi connectivity index (χ1v) is 9.41. The predicted octanol–water partition coefficient (Wildman–Crippen LogP) is 3.81.